The summed E-state index contributed by atoms with van der Waals surface area (Å²) in [6, 6.07) is 9.49. The predicted molar refractivity (Wildman–Crippen MR) is 105 cm³/mol. The normalized spacial score (nSPS) is 22.6. The Balaban J connectivity index is 1.19. The first-order chi connectivity index (χ1) is 15.3. The second kappa shape index (κ2) is 9.11. The van der Waals surface area contributed by atoms with Gasteiger partial charge in [0.05, 0.1) is 6.10 Å². The van der Waals surface area contributed by atoms with Gasteiger partial charge in [-0.1, -0.05) is 42.1 Å². The summed E-state index contributed by atoms with van der Waals surface area (Å²) in [4.78, 5) is 17.7. The van der Waals surface area contributed by atoms with Crippen molar-refractivity contribution in [2.24, 2.45) is 5.16 Å². The van der Waals surface area contributed by atoms with E-state index in [1.54, 1.807) is 0 Å². The van der Waals surface area contributed by atoms with Crippen LogP contribution in [-0.4, -0.2) is 34.3 Å². The molecule has 1 fully saturated rings. The smallest absolute Gasteiger partial charge is 0.425 e. The lowest BCUT2D eigenvalue weighted by atomic mass is 9.82. The lowest BCUT2D eigenvalue weighted by Gasteiger charge is -2.32. The van der Waals surface area contributed by atoms with Crippen LogP contribution in [0.5, 0.6) is 0 Å². The van der Waals surface area contributed by atoms with E-state index in [-0.39, 0.29) is 36.5 Å². The first kappa shape index (κ1) is 22.0. The van der Waals surface area contributed by atoms with Crippen LogP contribution < -0.4 is 5.32 Å². The minimum Gasteiger partial charge on any atom is -0.425 e. The standard InChI is InChI=1S/C21H21F3N4O4/c1-12(25-19(29)16-11-17(32-28-16)13-5-3-2-4-6-13)7-8-18-26-27-20(30-18)14-9-15(10-14)31-21(22,23)24/h2-6,14-15,17H,1,7-11H2,(H,25,29)/t14?,15?,17-/m1/s1. The van der Waals surface area contributed by atoms with Crippen molar-refractivity contribution in [1.82, 2.24) is 15.5 Å². The Morgan fingerprint density at radius 3 is 2.69 bits per heavy atom. The van der Waals surface area contributed by atoms with E-state index in [0.29, 0.717) is 36.7 Å². The number of nitrogens with zero attached hydrogens (tertiary/aromatic N) is 3. The number of allylic oxidation sites excluding steroid dienone is 1. The van der Waals surface area contributed by atoms with Crippen LogP contribution in [0.1, 0.15) is 55.1 Å². The monoisotopic (exact) mass is 450 g/mol. The van der Waals surface area contributed by atoms with Crippen LogP contribution in [0.15, 0.2) is 52.2 Å². The predicted octanol–water partition coefficient (Wildman–Crippen LogP) is 3.93. The Morgan fingerprint density at radius 2 is 1.97 bits per heavy atom. The fourth-order valence-corrected chi connectivity index (χ4v) is 3.50. The molecule has 1 amide bonds. The lowest BCUT2D eigenvalue weighted by Crippen LogP contribution is -2.34. The molecule has 0 saturated heterocycles. The lowest BCUT2D eigenvalue weighted by molar-refractivity contribution is -0.352. The van der Waals surface area contributed by atoms with Gasteiger partial charge in [-0.25, -0.2) is 0 Å². The van der Waals surface area contributed by atoms with Gasteiger partial charge in [0.2, 0.25) is 11.8 Å². The van der Waals surface area contributed by atoms with Crippen molar-refractivity contribution in [2.45, 2.75) is 56.6 Å². The summed E-state index contributed by atoms with van der Waals surface area (Å²) in [5.41, 5.74) is 1.66. The van der Waals surface area contributed by atoms with Gasteiger partial charge in [-0.2, -0.15) is 0 Å². The van der Waals surface area contributed by atoms with Gasteiger partial charge in [0.25, 0.3) is 5.91 Å². The molecule has 1 aliphatic carbocycles. The van der Waals surface area contributed by atoms with Gasteiger partial charge in [0.1, 0.15) is 5.71 Å². The van der Waals surface area contributed by atoms with Crippen LogP contribution in [0.2, 0.25) is 0 Å². The molecule has 0 bridgehead atoms. The summed E-state index contributed by atoms with van der Waals surface area (Å²) in [7, 11) is 0. The zero-order valence-electron chi connectivity index (χ0n) is 17.0. The molecule has 8 nitrogen and oxygen atoms in total. The number of oxime groups is 1. The zero-order chi connectivity index (χ0) is 22.7. The molecular weight excluding hydrogens is 429 g/mol. The third-order valence-corrected chi connectivity index (χ3v) is 5.26. The van der Waals surface area contributed by atoms with Crippen molar-refractivity contribution < 1.29 is 32.0 Å². The highest BCUT2D eigenvalue weighted by Gasteiger charge is 2.42. The minimum atomic E-state index is -4.64. The molecule has 170 valence electrons. The van der Waals surface area contributed by atoms with Crippen LogP contribution in [0, 0.1) is 0 Å². The maximum absolute atomic E-state index is 12.4. The number of aromatic nitrogens is 2. The van der Waals surface area contributed by atoms with Crippen molar-refractivity contribution in [3.63, 3.8) is 0 Å². The molecule has 11 heteroatoms. The van der Waals surface area contributed by atoms with Gasteiger partial charge < -0.3 is 14.6 Å². The van der Waals surface area contributed by atoms with Crippen molar-refractivity contribution >= 4 is 11.6 Å². The zero-order valence-corrected chi connectivity index (χ0v) is 17.0. The SMILES string of the molecule is C=C(CCc1nnc(C2CC(OC(F)(F)F)C2)o1)NC(=O)C1=NO[C@@H](c2ccccc2)C1. The molecule has 2 heterocycles. The first-order valence-electron chi connectivity index (χ1n) is 10.1. The molecule has 2 aliphatic rings. The second-order valence-electron chi connectivity index (χ2n) is 7.69. The van der Waals surface area contributed by atoms with E-state index in [9.17, 15) is 18.0 Å². The molecule has 1 aromatic heterocycles. The number of alkyl halides is 3. The number of benzene rings is 1. The molecule has 1 N–H and O–H groups in total. The molecule has 32 heavy (non-hydrogen) atoms. The van der Waals surface area contributed by atoms with Crippen LogP contribution in [0.25, 0.3) is 0 Å². The van der Waals surface area contributed by atoms with Crippen molar-refractivity contribution in [1.29, 1.82) is 0 Å². The Kier molecular flexibility index (Phi) is 6.26. The van der Waals surface area contributed by atoms with Gasteiger partial charge in [-0.15, -0.1) is 23.4 Å². The molecule has 1 aromatic carbocycles. The molecule has 1 saturated carbocycles. The molecule has 0 spiro atoms. The van der Waals surface area contributed by atoms with Crippen LogP contribution in [0.4, 0.5) is 13.2 Å². The van der Waals surface area contributed by atoms with Gasteiger partial charge in [0.15, 0.2) is 6.10 Å². The van der Waals surface area contributed by atoms with Gasteiger partial charge >= 0.3 is 6.36 Å². The number of halogens is 3. The Morgan fingerprint density at radius 1 is 1.22 bits per heavy atom. The summed E-state index contributed by atoms with van der Waals surface area (Å²) in [5, 5.41) is 14.4. The number of amides is 1. The topological polar surface area (TPSA) is 98.8 Å². The van der Waals surface area contributed by atoms with Gasteiger partial charge in [-0.05, 0) is 24.8 Å². The summed E-state index contributed by atoms with van der Waals surface area (Å²) in [6.07, 6.45) is -4.42. The van der Waals surface area contributed by atoms with E-state index in [0.717, 1.165) is 5.56 Å². The van der Waals surface area contributed by atoms with E-state index < -0.39 is 12.5 Å². The largest absolute Gasteiger partial charge is 0.522 e. The van der Waals surface area contributed by atoms with Gasteiger partial charge in [-0.3, -0.25) is 9.53 Å². The molecule has 0 unspecified atom stereocenters. The Labute approximate surface area is 181 Å². The second-order valence-corrected chi connectivity index (χ2v) is 7.69. The summed E-state index contributed by atoms with van der Waals surface area (Å²) in [6.45, 7) is 3.83. The Hall–Kier alpha value is -3.21. The van der Waals surface area contributed by atoms with Crippen molar-refractivity contribution in [3.8, 4) is 0 Å². The number of rotatable bonds is 8. The quantitative estimate of drug-likeness (QED) is 0.654. The fourth-order valence-electron chi connectivity index (χ4n) is 3.50. The number of hydrogen-bond donors (Lipinski definition) is 1. The highest BCUT2D eigenvalue weighted by atomic mass is 19.4. The van der Waals surface area contributed by atoms with Crippen LogP contribution in [-0.2, 0) is 20.8 Å². The minimum absolute atomic E-state index is 0.179. The molecule has 1 atom stereocenters. The average molecular weight is 450 g/mol. The molecular formula is C21H21F3N4O4. The van der Waals surface area contributed by atoms with E-state index in [1.165, 1.54) is 0 Å². The Bertz CT molecular complexity index is 1000. The highest BCUT2D eigenvalue weighted by Crippen LogP contribution is 2.40. The third-order valence-electron chi connectivity index (χ3n) is 5.26. The maximum atomic E-state index is 12.4. The van der Waals surface area contributed by atoms with E-state index in [1.807, 2.05) is 30.3 Å². The summed E-state index contributed by atoms with van der Waals surface area (Å²) in [5.74, 6) is -0.0170. The first-order valence-corrected chi connectivity index (χ1v) is 10.1. The summed E-state index contributed by atoms with van der Waals surface area (Å²) < 4.78 is 46.1. The third kappa shape index (κ3) is 5.52. The number of carbonyl (C=O) groups excluding carboxylic acids is 1. The van der Waals surface area contributed by atoms with E-state index in [4.69, 9.17) is 9.25 Å². The fraction of sp³-hybridized carbons (Fsp3) is 0.429. The molecule has 4 rings (SSSR count). The highest BCUT2D eigenvalue weighted by molar-refractivity contribution is 6.39. The van der Waals surface area contributed by atoms with Crippen LogP contribution in [0.3, 0.4) is 0 Å². The summed E-state index contributed by atoms with van der Waals surface area (Å²) >= 11 is 0. The molecule has 0 radical (unpaired) electrons. The number of nitrogens with one attached hydrogen (secondary N) is 1. The van der Waals surface area contributed by atoms with Crippen molar-refractivity contribution in [3.05, 3.63) is 60.0 Å². The number of carbonyl (C=O) groups is 1. The molecule has 2 aromatic rings. The number of aryl methyl sites for hydroxylation is 1. The number of hydrogen-bond acceptors (Lipinski definition) is 7. The van der Waals surface area contributed by atoms with Gasteiger partial charge in [0, 0.05) is 24.5 Å². The van der Waals surface area contributed by atoms with E-state index in [2.05, 4.69) is 32.0 Å². The number of ether oxygens (including phenoxy) is 1. The van der Waals surface area contributed by atoms with E-state index >= 15 is 0 Å². The molecule has 1 aliphatic heterocycles. The van der Waals surface area contributed by atoms with Crippen LogP contribution >= 0.6 is 0 Å². The maximum Gasteiger partial charge on any atom is 0.522 e. The van der Waals surface area contributed by atoms with Crippen molar-refractivity contribution in [2.75, 3.05) is 0 Å². The average Bonchev–Trinajstić information content (AvgIpc) is 3.39.